The highest BCUT2D eigenvalue weighted by molar-refractivity contribution is 7.12. The molecule has 22 heavy (non-hydrogen) atoms. The van der Waals surface area contributed by atoms with E-state index in [1.54, 1.807) is 22.2 Å². The molecule has 0 atom stereocenters. The van der Waals surface area contributed by atoms with E-state index in [4.69, 9.17) is 0 Å². The van der Waals surface area contributed by atoms with E-state index >= 15 is 0 Å². The highest BCUT2D eigenvalue weighted by Gasteiger charge is 2.25. The lowest BCUT2D eigenvalue weighted by Gasteiger charge is -2.34. The summed E-state index contributed by atoms with van der Waals surface area (Å²) in [6.07, 6.45) is 0. The first-order chi connectivity index (χ1) is 10.6. The molecule has 0 aliphatic carbocycles. The minimum atomic E-state index is -0.0980. The summed E-state index contributed by atoms with van der Waals surface area (Å²) in [7, 11) is 1.57. The first-order valence-electron chi connectivity index (χ1n) is 7.24. The van der Waals surface area contributed by atoms with E-state index in [0.29, 0.717) is 26.2 Å². The van der Waals surface area contributed by atoms with Gasteiger partial charge in [-0.25, -0.2) is 0 Å². The molecular formula is C14H21N4O3S+. The van der Waals surface area contributed by atoms with Gasteiger partial charge in [0.05, 0.1) is 4.88 Å². The predicted octanol–water partition coefficient (Wildman–Crippen LogP) is -1.66. The second-order valence-corrected chi connectivity index (χ2v) is 5.97. The molecule has 7 nitrogen and oxygen atoms in total. The Labute approximate surface area is 133 Å². The Morgan fingerprint density at radius 1 is 1.18 bits per heavy atom. The Hall–Kier alpha value is -1.93. The number of nitrogens with one attached hydrogen (secondary N) is 1. The van der Waals surface area contributed by atoms with Gasteiger partial charge in [-0.15, -0.1) is 11.3 Å². The molecule has 1 aromatic heterocycles. The van der Waals surface area contributed by atoms with Crippen molar-refractivity contribution < 1.29 is 19.7 Å². The van der Waals surface area contributed by atoms with Crippen molar-refractivity contribution in [3.05, 3.63) is 22.4 Å². The third kappa shape index (κ3) is 4.28. The molecule has 8 heteroatoms. The van der Waals surface area contributed by atoms with E-state index < -0.39 is 0 Å². The molecule has 0 aromatic carbocycles. The average Bonchev–Trinajstić information content (AvgIpc) is 3.08. The second-order valence-electron chi connectivity index (χ2n) is 5.02. The van der Waals surface area contributed by atoms with E-state index in [1.807, 2.05) is 17.5 Å². The maximum absolute atomic E-state index is 12.2. The smallest absolute Gasteiger partial charge is 0.277 e. The first-order valence-corrected chi connectivity index (χ1v) is 8.12. The van der Waals surface area contributed by atoms with Crippen LogP contribution >= 0.6 is 11.3 Å². The number of rotatable bonds is 5. The topological polar surface area (TPSA) is 86.3 Å². The van der Waals surface area contributed by atoms with E-state index in [1.165, 1.54) is 11.3 Å². The molecule has 0 unspecified atom stereocenters. The third-order valence-corrected chi connectivity index (χ3v) is 4.44. The van der Waals surface area contributed by atoms with Crippen molar-refractivity contribution >= 4 is 29.1 Å². The lowest BCUT2D eigenvalue weighted by Crippen LogP contribution is -2.88. The minimum Gasteiger partial charge on any atom is -0.354 e. The molecule has 3 amide bonds. The normalized spacial score (nSPS) is 14.8. The number of quaternary nitrogens is 1. The Morgan fingerprint density at radius 3 is 2.45 bits per heavy atom. The van der Waals surface area contributed by atoms with Gasteiger partial charge in [-0.3, -0.25) is 14.4 Å². The summed E-state index contributed by atoms with van der Waals surface area (Å²) in [5.74, 6) is -0.0560. The van der Waals surface area contributed by atoms with Crippen LogP contribution in [0.1, 0.15) is 9.67 Å². The van der Waals surface area contributed by atoms with E-state index in [9.17, 15) is 14.4 Å². The molecule has 1 fully saturated rings. The van der Waals surface area contributed by atoms with Crippen LogP contribution in [-0.4, -0.2) is 73.8 Å². The lowest BCUT2D eigenvalue weighted by atomic mass is 10.3. The van der Waals surface area contributed by atoms with Crippen LogP contribution in [-0.2, 0) is 9.59 Å². The van der Waals surface area contributed by atoms with Gasteiger partial charge >= 0.3 is 0 Å². The zero-order valence-electron chi connectivity index (χ0n) is 12.6. The third-order valence-electron chi connectivity index (χ3n) is 3.58. The summed E-state index contributed by atoms with van der Waals surface area (Å²) in [4.78, 5) is 39.6. The summed E-state index contributed by atoms with van der Waals surface area (Å²) in [5, 5.41) is 6.08. The van der Waals surface area contributed by atoms with Crippen molar-refractivity contribution in [2.45, 2.75) is 0 Å². The second kappa shape index (κ2) is 7.90. The first kappa shape index (κ1) is 16.4. The molecular weight excluding hydrogens is 304 g/mol. The van der Waals surface area contributed by atoms with E-state index in [-0.39, 0.29) is 30.8 Å². The van der Waals surface area contributed by atoms with Gasteiger partial charge in [-0.2, -0.15) is 0 Å². The number of nitrogens with zero attached hydrogens (tertiary/aromatic N) is 2. The van der Waals surface area contributed by atoms with Crippen LogP contribution in [0, 0.1) is 0 Å². The van der Waals surface area contributed by atoms with Crippen LogP contribution in [0.15, 0.2) is 17.5 Å². The van der Waals surface area contributed by atoms with Crippen LogP contribution in [0.5, 0.6) is 0 Å². The van der Waals surface area contributed by atoms with Gasteiger partial charge in [-0.1, -0.05) is 6.07 Å². The summed E-state index contributed by atoms with van der Waals surface area (Å²) >= 11 is 1.43. The van der Waals surface area contributed by atoms with E-state index in [2.05, 4.69) is 5.32 Å². The van der Waals surface area contributed by atoms with Gasteiger partial charge in [0.2, 0.25) is 0 Å². The van der Waals surface area contributed by atoms with Gasteiger partial charge < -0.3 is 20.4 Å². The SMILES string of the molecule is CNC(=O)C[NH2+]CC(=O)N1CCN(C(=O)c2cccs2)CC1. The molecule has 1 aliphatic rings. The predicted molar refractivity (Wildman–Crippen MR) is 82.5 cm³/mol. The van der Waals surface area contributed by atoms with Crippen molar-refractivity contribution in [3.63, 3.8) is 0 Å². The summed E-state index contributed by atoms with van der Waals surface area (Å²) < 4.78 is 0. The molecule has 0 saturated carbocycles. The quantitative estimate of drug-likeness (QED) is 0.679. The van der Waals surface area contributed by atoms with Crippen molar-refractivity contribution in [2.75, 3.05) is 46.3 Å². The summed E-state index contributed by atoms with van der Waals surface area (Å²) in [6, 6.07) is 3.68. The van der Waals surface area contributed by atoms with Crippen LogP contribution in [0.2, 0.25) is 0 Å². The number of thiophene rings is 1. The molecule has 2 rings (SSSR count). The molecule has 0 spiro atoms. The van der Waals surface area contributed by atoms with Crippen LogP contribution in [0.25, 0.3) is 0 Å². The zero-order chi connectivity index (χ0) is 15.9. The molecule has 3 N–H and O–H groups in total. The van der Waals surface area contributed by atoms with Crippen molar-refractivity contribution in [3.8, 4) is 0 Å². The van der Waals surface area contributed by atoms with Gasteiger partial charge in [-0.05, 0) is 11.4 Å². The molecule has 1 saturated heterocycles. The van der Waals surface area contributed by atoms with Crippen molar-refractivity contribution in [1.29, 1.82) is 0 Å². The number of hydrogen-bond acceptors (Lipinski definition) is 4. The number of likely N-dealkylation sites (N-methyl/N-ethyl adjacent to an activating group) is 1. The van der Waals surface area contributed by atoms with Crippen molar-refractivity contribution in [2.24, 2.45) is 0 Å². The lowest BCUT2D eigenvalue weighted by molar-refractivity contribution is -0.633. The average molecular weight is 325 g/mol. The van der Waals surface area contributed by atoms with Crippen LogP contribution in [0.4, 0.5) is 0 Å². The summed E-state index contributed by atoms with van der Waals surface area (Å²) in [5.41, 5.74) is 0. The number of hydrogen-bond donors (Lipinski definition) is 2. The summed E-state index contributed by atoms with van der Waals surface area (Å²) in [6.45, 7) is 2.70. The zero-order valence-corrected chi connectivity index (χ0v) is 13.4. The Balaban J connectivity index is 1.73. The number of carbonyl (C=O) groups is 3. The standard InChI is InChI=1S/C14H20N4O3S/c1-15-12(19)9-16-10-13(20)17-4-6-18(7-5-17)14(21)11-3-2-8-22-11/h2-3,8,16H,4-7,9-10H2,1H3,(H,15,19)/p+1. The number of piperazine rings is 1. The highest BCUT2D eigenvalue weighted by atomic mass is 32.1. The van der Waals surface area contributed by atoms with E-state index in [0.717, 1.165) is 4.88 Å². The van der Waals surface area contributed by atoms with Crippen LogP contribution in [0.3, 0.4) is 0 Å². The fourth-order valence-corrected chi connectivity index (χ4v) is 2.96. The van der Waals surface area contributed by atoms with Gasteiger partial charge in [0.25, 0.3) is 17.7 Å². The molecule has 1 aromatic rings. The fraction of sp³-hybridized carbons (Fsp3) is 0.500. The number of carbonyl (C=O) groups excluding carboxylic acids is 3. The number of nitrogens with two attached hydrogens (primary N) is 1. The molecule has 1 aliphatic heterocycles. The highest BCUT2D eigenvalue weighted by Crippen LogP contribution is 2.13. The Bertz CT molecular complexity index is 524. The van der Waals surface area contributed by atoms with Gasteiger partial charge in [0.1, 0.15) is 0 Å². The Morgan fingerprint density at radius 2 is 1.86 bits per heavy atom. The maximum Gasteiger partial charge on any atom is 0.277 e. The molecule has 120 valence electrons. The molecule has 2 heterocycles. The maximum atomic E-state index is 12.2. The fourth-order valence-electron chi connectivity index (χ4n) is 2.27. The number of amides is 3. The Kier molecular flexibility index (Phi) is 5.91. The largest absolute Gasteiger partial charge is 0.354 e. The van der Waals surface area contributed by atoms with Gasteiger partial charge in [0.15, 0.2) is 13.1 Å². The van der Waals surface area contributed by atoms with Crippen molar-refractivity contribution in [1.82, 2.24) is 15.1 Å². The molecule has 0 radical (unpaired) electrons. The minimum absolute atomic E-state index is 0.00660. The monoisotopic (exact) mass is 325 g/mol. The molecule has 0 bridgehead atoms. The van der Waals surface area contributed by atoms with Crippen LogP contribution < -0.4 is 10.6 Å². The van der Waals surface area contributed by atoms with Gasteiger partial charge in [0, 0.05) is 33.2 Å².